The van der Waals surface area contributed by atoms with Gasteiger partial charge >= 0.3 is 6.18 Å². The number of alkyl halides is 3. The van der Waals surface area contributed by atoms with E-state index >= 15 is 0 Å². The largest absolute Gasteiger partial charge is 0.418 e. The fourth-order valence-corrected chi connectivity index (χ4v) is 1.91. The lowest BCUT2D eigenvalue weighted by Crippen LogP contribution is -2.08. The first-order valence-electron chi connectivity index (χ1n) is 5.21. The molecule has 19 heavy (non-hydrogen) atoms. The molecule has 6 heteroatoms. The van der Waals surface area contributed by atoms with Crippen LogP contribution in [0.3, 0.4) is 0 Å². The maximum atomic E-state index is 13.1. The Bertz CT molecular complexity index is 623. The van der Waals surface area contributed by atoms with Gasteiger partial charge in [0.25, 0.3) is 0 Å². The van der Waals surface area contributed by atoms with Crippen LogP contribution in [0.1, 0.15) is 5.56 Å². The molecule has 0 spiro atoms. The van der Waals surface area contributed by atoms with Crippen molar-refractivity contribution in [2.45, 2.75) is 6.18 Å². The number of rotatable bonds is 1. The van der Waals surface area contributed by atoms with Gasteiger partial charge in [-0.05, 0) is 35.9 Å². The van der Waals surface area contributed by atoms with Crippen LogP contribution in [0.25, 0.3) is 11.1 Å². The summed E-state index contributed by atoms with van der Waals surface area (Å²) in [6, 6.07) is 6.85. The molecular weight excluding hydrogens is 282 g/mol. The summed E-state index contributed by atoms with van der Waals surface area (Å²) < 4.78 is 51.4. The molecule has 0 atom stereocenters. The molecule has 0 saturated carbocycles. The minimum Gasteiger partial charge on any atom is -0.398 e. The molecule has 2 N–H and O–H groups in total. The molecule has 0 saturated heterocycles. The van der Waals surface area contributed by atoms with Gasteiger partial charge in [0.15, 0.2) is 0 Å². The molecule has 0 aliphatic carbocycles. The molecule has 2 rings (SSSR count). The van der Waals surface area contributed by atoms with Gasteiger partial charge in [-0.2, -0.15) is 13.2 Å². The maximum absolute atomic E-state index is 13.1. The van der Waals surface area contributed by atoms with Crippen LogP contribution >= 0.6 is 11.6 Å². The third-order valence-corrected chi connectivity index (χ3v) is 2.93. The normalized spacial score (nSPS) is 11.6. The Morgan fingerprint density at radius 3 is 2.32 bits per heavy atom. The number of anilines is 1. The van der Waals surface area contributed by atoms with Gasteiger partial charge in [0.2, 0.25) is 0 Å². The first-order valence-corrected chi connectivity index (χ1v) is 5.59. The summed E-state index contributed by atoms with van der Waals surface area (Å²) in [5.41, 5.74) is 4.29. The Kier molecular flexibility index (Phi) is 3.41. The van der Waals surface area contributed by atoms with E-state index in [1.807, 2.05) is 0 Å². The fourth-order valence-electron chi connectivity index (χ4n) is 1.69. The molecule has 0 bridgehead atoms. The third kappa shape index (κ3) is 2.81. The zero-order chi connectivity index (χ0) is 14.2. The molecule has 0 aromatic heterocycles. The third-order valence-electron chi connectivity index (χ3n) is 2.60. The monoisotopic (exact) mass is 289 g/mol. The average molecular weight is 290 g/mol. The van der Waals surface area contributed by atoms with Crippen LogP contribution in [0.15, 0.2) is 36.4 Å². The van der Waals surface area contributed by atoms with Crippen LogP contribution in [-0.4, -0.2) is 0 Å². The summed E-state index contributed by atoms with van der Waals surface area (Å²) in [6.45, 7) is 0. The van der Waals surface area contributed by atoms with E-state index < -0.39 is 17.6 Å². The number of nitrogens with two attached hydrogens (primary N) is 1. The smallest absolute Gasteiger partial charge is 0.398 e. The van der Waals surface area contributed by atoms with E-state index in [2.05, 4.69) is 0 Å². The van der Waals surface area contributed by atoms with Crippen molar-refractivity contribution in [3.63, 3.8) is 0 Å². The minimum absolute atomic E-state index is 0.158. The Labute approximate surface area is 111 Å². The Morgan fingerprint density at radius 1 is 1.00 bits per heavy atom. The minimum atomic E-state index is -4.57. The molecule has 0 heterocycles. The van der Waals surface area contributed by atoms with E-state index in [1.165, 1.54) is 12.1 Å². The maximum Gasteiger partial charge on any atom is 0.418 e. The van der Waals surface area contributed by atoms with Crippen LogP contribution in [0.4, 0.5) is 23.2 Å². The fraction of sp³-hybridized carbons (Fsp3) is 0.0769. The van der Waals surface area contributed by atoms with Gasteiger partial charge in [-0.15, -0.1) is 0 Å². The van der Waals surface area contributed by atoms with Gasteiger partial charge in [-0.3, -0.25) is 0 Å². The van der Waals surface area contributed by atoms with E-state index in [0.717, 1.165) is 24.3 Å². The average Bonchev–Trinajstić information content (AvgIpc) is 2.31. The van der Waals surface area contributed by atoms with Gasteiger partial charge in [-0.25, -0.2) is 4.39 Å². The lowest BCUT2D eigenvalue weighted by Gasteiger charge is -2.12. The Hall–Kier alpha value is -1.75. The number of hydrogen-bond acceptors (Lipinski definition) is 1. The molecule has 2 aromatic rings. The highest BCUT2D eigenvalue weighted by Gasteiger charge is 2.33. The molecule has 100 valence electrons. The molecule has 0 aliphatic heterocycles. The number of benzene rings is 2. The molecule has 0 radical (unpaired) electrons. The predicted octanol–water partition coefficient (Wildman–Crippen LogP) is 4.75. The van der Waals surface area contributed by atoms with Crippen molar-refractivity contribution in [1.82, 2.24) is 0 Å². The molecular formula is C13H8ClF4N. The van der Waals surface area contributed by atoms with E-state index in [9.17, 15) is 17.6 Å². The summed E-state index contributed by atoms with van der Waals surface area (Å²) in [5, 5.41) is 0.166. The van der Waals surface area contributed by atoms with Gasteiger partial charge in [-0.1, -0.05) is 17.7 Å². The van der Waals surface area contributed by atoms with E-state index in [-0.39, 0.29) is 21.8 Å². The number of halogens is 5. The van der Waals surface area contributed by atoms with Crippen LogP contribution in [0, 0.1) is 5.82 Å². The molecule has 1 nitrogen and oxygen atoms in total. The summed E-state index contributed by atoms with van der Waals surface area (Å²) in [6.07, 6.45) is -4.57. The standard InChI is InChI=1S/C13H8ClF4N/c14-11-3-2-8(15)6-9(11)7-1-4-12(19)10(5-7)13(16,17)18/h1-6H,19H2. The number of hydrogen-bond donors (Lipinski definition) is 1. The summed E-state index contributed by atoms with van der Waals surface area (Å²) in [5.74, 6) is -0.579. The van der Waals surface area contributed by atoms with Crippen molar-refractivity contribution in [1.29, 1.82) is 0 Å². The molecule has 0 fully saturated rings. The predicted molar refractivity (Wildman–Crippen MR) is 66.3 cm³/mol. The second-order valence-corrected chi connectivity index (χ2v) is 4.33. The van der Waals surface area contributed by atoms with Crippen LogP contribution in [0.5, 0.6) is 0 Å². The first-order chi connectivity index (χ1) is 8.79. The van der Waals surface area contributed by atoms with Gasteiger partial charge in [0, 0.05) is 16.3 Å². The highest BCUT2D eigenvalue weighted by Crippen LogP contribution is 2.37. The van der Waals surface area contributed by atoms with E-state index in [4.69, 9.17) is 17.3 Å². The summed E-state index contributed by atoms with van der Waals surface area (Å²) in [7, 11) is 0. The molecule has 0 aliphatic rings. The highest BCUT2D eigenvalue weighted by molar-refractivity contribution is 6.33. The molecule has 0 amide bonds. The van der Waals surface area contributed by atoms with Crippen molar-refractivity contribution in [3.8, 4) is 11.1 Å². The Morgan fingerprint density at radius 2 is 1.68 bits per heavy atom. The Balaban J connectivity index is 2.61. The topological polar surface area (TPSA) is 26.0 Å². The second-order valence-electron chi connectivity index (χ2n) is 3.92. The first kappa shape index (κ1) is 13.7. The van der Waals surface area contributed by atoms with Crippen molar-refractivity contribution in [3.05, 3.63) is 52.8 Å². The van der Waals surface area contributed by atoms with Gasteiger partial charge in [0.05, 0.1) is 5.56 Å². The van der Waals surface area contributed by atoms with Crippen molar-refractivity contribution < 1.29 is 17.6 Å². The van der Waals surface area contributed by atoms with E-state index in [0.29, 0.717) is 0 Å². The zero-order valence-corrected chi connectivity index (χ0v) is 10.2. The lowest BCUT2D eigenvalue weighted by molar-refractivity contribution is -0.136. The summed E-state index contributed by atoms with van der Waals surface area (Å²) in [4.78, 5) is 0. The van der Waals surface area contributed by atoms with Crippen LogP contribution < -0.4 is 5.73 Å². The molecule has 0 unspecified atom stereocenters. The quantitative estimate of drug-likeness (QED) is 0.595. The second kappa shape index (κ2) is 4.74. The number of nitrogen functional groups attached to an aromatic ring is 1. The van der Waals surface area contributed by atoms with Crippen LogP contribution in [-0.2, 0) is 6.18 Å². The summed E-state index contributed by atoms with van der Waals surface area (Å²) >= 11 is 5.86. The highest BCUT2D eigenvalue weighted by atomic mass is 35.5. The van der Waals surface area contributed by atoms with Gasteiger partial charge < -0.3 is 5.73 Å². The van der Waals surface area contributed by atoms with Crippen molar-refractivity contribution in [2.75, 3.05) is 5.73 Å². The van der Waals surface area contributed by atoms with E-state index in [1.54, 1.807) is 0 Å². The lowest BCUT2D eigenvalue weighted by atomic mass is 10.0. The SMILES string of the molecule is Nc1ccc(-c2cc(F)ccc2Cl)cc1C(F)(F)F. The van der Waals surface area contributed by atoms with Crippen LogP contribution in [0.2, 0.25) is 5.02 Å². The van der Waals surface area contributed by atoms with Crippen molar-refractivity contribution >= 4 is 17.3 Å². The zero-order valence-electron chi connectivity index (χ0n) is 9.43. The van der Waals surface area contributed by atoms with Gasteiger partial charge in [0.1, 0.15) is 5.82 Å². The van der Waals surface area contributed by atoms with Crippen molar-refractivity contribution in [2.24, 2.45) is 0 Å². The molecule has 2 aromatic carbocycles.